The number of aromatic hydroxyl groups is 1. The number of benzene rings is 2. The lowest BCUT2D eigenvalue weighted by Gasteiger charge is -2.42. The molecular formula is C48H57N9O4. The molecule has 6 atom stereocenters. The van der Waals surface area contributed by atoms with E-state index in [9.17, 15) is 14.7 Å². The van der Waals surface area contributed by atoms with Crippen LogP contribution in [0.1, 0.15) is 100 Å². The number of carbonyl (C=O) groups is 2. The van der Waals surface area contributed by atoms with Gasteiger partial charge in [0.05, 0.1) is 23.6 Å². The Balaban J connectivity index is 0.719. The molecule has 4 N–H and O–H groups in total. The minimum Gasteiger partial charge on any atom is -0.507 e. The first-order valence-electron chi connectivity index (χ1n) is 22.8. The van der Waals surface area contributed by atoms with Crippen LogP contribution in [0.15, 0.2) is 60.8 Å². The zero-order valence-electron chi connectivity index (χ0n) is 35.1. The lowest BCUT2D eigenvalue weighted by Crippen LogP contribution is -2.54. The van der Waals surface area contributed by atoms with Gasteiger partial charge in [-0.1, -0.05) is 31.2 Å². The predicted molar refractivity (Wildman–Crippen MR) is 232 cm³/mol. The first-order chi connectivity index (χ1) is 29.7. The van der Waals surface area contributed by atoms with Crippen LogP contribution in [-0.4, -0.2) is 93.4 Å². The van der Waals surface area contributed by atoms with E-state index >= 15 is 0 Å². The van der Waals surface area contributed by atoms with Crippen LogP contribution < -0.4 is 25.6 Å². The Bertz CT molecular complexity index is 2340. The van der Waals surface area contributed by atoms with Gasteiger partial charge in [-0.25, -0.2) is 9.97 Å². The Morgan fingerprint density at radius 2 is 1.72 bits per heavy atom. The monoisotopic (exact) mass is 823 g/mol. The standard InChI is InChI=1S/C48H57N9O4/c1-28-26-56(41-24-38(53-54-45(41)49)34-5-2-3-8-42(34)58)27-31-23-35(31)48(25-36(28)48)47-50-18-15-37(51-47)30-16-19-55(20-17-30)32-11-9-29(10-12-32)33-6-4-7-39-44(33)61-22-21-57(39)40-13-14-43(59)52-46(40)60/h2-8,15,18,24,28-32,35-36,40,58H,9-14,16-17,19-23,25-27H2,1H3,(H2,49,54)(H,52,59,60)/t28-,29?,31-,32?,35?,36?,40?,48+/m0/s1. The first kappa shape index (κ1) is 38.6. The SMILES string of the molecule is C[C@H]1CN(c2cc(-c3ccccc3O)nnc2N)C[C@@H]2CC2[C@]2(c3nccc(C4CCN(C5CCC(c6cccc7c6OCCN7C6CCC(=O)NC6=O)CC5)CC4)n3)CC12. The molecule has 3 aliphatic carbocycles. The van der Waals surface area contributed by atoms with Crippen LogP contribution in [0.5, 0.6) is 11.5 Å². The molecule has 2 aromatic heterocycles. The number of aromatic nitrogens is 4. The molecule has 4 aliphatic heterocycles. The maximum Gasteiger partial charge on any atom is 0.249 e. The number of likely N-dealkylation sites (tertiary alicyclic amines) is 1. The van der Waals surface area contributed by atoms with Crippen LogP contribution in [0.3, 0.4) is 0 Å². The van der Waals surface area contributed by atoms with Gasteiger partial charge < -0.3 is 30.3 Å². The summed E-state index contributed by atoms with van der Waals surface area (Å²) in [6.45, 7) is 7.59. The van der Waals surface area contributed by atoms with Crippen molar-refractivity contribution < 1.29 is 19.4 Å². The summed E-state index contributed by atoms with van der Waals surface area (Å²) >= 11 is 0. The number of hydrogen-bond donors (Lipinski definition) is 3. The van der Waals surface area contributed by atoms with Crippen LogP contribution >= 0.6 is 0 Å². The Morgan fingerprint density at radius 1 is 0.885 bits per heavy atom. The van der Waals surface area contributed by atoms with E-state index in [1.165, 1.54) is 30.5 Å². The quantitative estimate of drug-likeness (QED) is 0.182. The number of nitrogens with zero attached hydrogens (tertiary/aromatic N) is 7. The summed E-state index contributed by atoms with van der Waals surface area (Å²) in [6.07, 6.45) is 12.2. The van der Waals surface area contributed by atoms with E-state index in [-0.39, 0.29) is 29.0 Å². The van der Waals surface area contributed by atoms with Gasteiger partial charge >= 0.3 is 0 Å². The van der Waals surface area contributed by atoms with E-state index in [0.717, 1.165) is 81.2 Å². The summed E-state index contributed by atoms with van der Waals surface area (Å²) < 4.78 is 6.33. The van der Waals surface area contributed by atoms with E-state index in [0.29, 0.717) is 84.6 Å². The number of fused-ring (bicyclic) bond motifs is 4. The second-order valence-electron chi connectivity index (χ2n) is 19.2. The summed E-state index contributed by atoms with van der Waals surface area (Å²) in [4.78, 5) is 42.5. The van der Waals surface area contributed by atoms with Gasteiger partial charge in [-0.05, 0) is 136 Å². The zero-order valence-corrected chi connectivity index (χ0v) is 35.1. The molecule has 11 rings (SSSR count). The van der Waals surface area contributed by atoms with Crippen molar-refractivity contribution in [3.63, 3.8) is 0 Å². The van der Waals surface area contributed by atoms with Crippen LogP contribution in [0.25, 0.3) is 11.3 Å². The number of phenols is 1. The second-order valence-corrected chi connectivity index (χ2v) is 19.2. The van der Waals surface area contributed by atoms with Crippen molar-refractivity contribution in [3.05, 3.63) is 77.9 Å². The van der Waals surface area contributed by atoms with Crippen LogP contribution in [0.2, 0.25) is 0 Å². The molecular weight excluding hydrogens is 767 g/mol. The number of anilines is 3. The van der Waals surface area contributed by atoms with Gasteiger partial charge in [0.15, 0.2) is 5.82 Å². The molecule has 318 valence electrons. The van der Waals surface area contributed by atoms with Gasteiger partial charge in [0.2, 0.25) is 11.8 Å². The highest BCUT2D eigenvalue weighted by Crippen LogP contribution is 2.70. The minimum atomic E-state index is -0.332. The van der Waals surface area contributed by atoms with Gasteiger partial charge in [-0.2, -0.15) is 0 Å². The fourth-order valence-corrected chi connectivity index (χ4v) is 12.5. The van der Waals surface area contributed by atoms with E-state index < -0.39 is 0 Å². The number of imide groups is 1. The van der Waals surface area contributed by atoms with Gasteiger partial charge in [-0.15, -0.1) is 10.2 Å². The largest absolute Gasteiger partial charge is 0.507 e. The number of phenolic OH excluding ortho intramolecular Hbond substituents is 1. The number of nitrogens with two attached hydrogens (primary N) is 1. The number of nitrogens with one attached hydrogen (secondary N) is 1. The smallest absolute Gasteiger partial charge is 0.249 e. The summed E-state index contributed by atoms with van der Waals surface area (Å²) in [6, 6.07) is 18.1. The van der Waals surface area contributed by atoms with Crippen LogP contribution in [0.4, 0.5) is 17.2 Å². The maximum atomic E-state index is 12.8. The van der Waals surface area contributed by atoms with Crippen molar-refractivity contribution in [3.8, 4) is 22.8 Å². The molecule has 3 saturated heterocycles. The molecule has 0 bridgehead atoms. The molecule has 2 amide bonds. The van der Waals surface area contributed by atoms with Crippen LogP contribution in [-0.2, 0) is 15.0 Å². The number of carbonyl (C=O) groups excluding carboxylic acids is 2. The second kappa shape index (κ2) is 15.3. The van der Waals surface area contributed by atoms with Gasteiger partial charge in [-0.3, -0.25) is 14.9 Å². The average molecular weight is 824 g/mol. The molecule has 6 heterocycles. The van der Waals surface area contributed by atoms with Crippen molar-refractivity contribution in [1.29, 1.82) is 0 Å². The summed E-state index contributed by atoms with van der Waals surface area (Å²) in [7, 11) is 0. The van der Waals surface area contributed by atoms with E-state index in [2.05, 4.69) is 61.4 Å². The number of nitrogen functional groups attached to an aromatic ring is 1. The van der Waals surface area contributed by atoms with Crippen molar-refractivity contribution in [1.82, 2.24) is 30.4 Å². The number of piperidine rings is 2. The third kappa shape index (κ3) is 6.87. The topological polar surface area (TPSA) is 163 Å². The van der Waals surface area contributed by atoms with Crippen molar-refractivity contribution in [2.24, 2.45) is 23.7 Å². The summed E-state index contributed by atoms with van der Waals surface area (Å²) in [5, 5.41) is 21.7. The molecule has 3 unspecified atom stereocenters. The van der Waals surface area contributed by atoms with E-state index in [4.69, 9.17) is 20.4 Å². The molecule has 3 saturated carbocycles. The van der Waals surface area contributed by atoms with E-state index in [1.807, 2.05) is 30.5 Å². The average Bonchev–Trinajstić information content (AvgIpc) is 4.22. The highest BCUT2D eigenvalue weighted by atomic mass is 16.5. The molecule has 4 aromatic rings. The molecule has 2 aromatic carbocycles. The minimum absolute atomic E-state index is 0.0703. The van der Waals surface area contributed by atoms with Crippen molar-refractivity contribution in [2.75, 3.05) is 54.9 Å². The fraction of sp³-hybridized carbons (Fsp3) is 0.542. The Kier molecular flexibility index (Phi) is 9.65. The van der Waals surface area contributed by atoms with Crippen molar-refractivity contribution >= 4 is 29.0 Å². The molecule has 13 heteroatoms. The highest BCUT2D eigenvalue weighted by molar-refractivity contribution is 6.02. The Morgan fingerprint density at radius 3 is 2.54 bits per heavy atom. The predicted octanol–water partition coefficient (Wildman–Crippen LogP) is 6.18. The van der Waals surface area contributed by atoms with Gasteiger partial charge in [0.1, 0.15) is 30.0 Å². The number of rotatable bonds is 7. The number of amides is 2. The molecule has 61 heavy (non-hydrogen) atoms. The van der Waals surface area contributed by atoms with Gasteiger partial charge in [0, 0.05) is 54.3 Å². The fourth-order valence-electron chi connectivity index (χ4n) is 12.5. The van der Waals surface area contributed by atoms with Crippen molar-refractivity contribution in [2.45, 2.75) is 100 Å². The van der Waals surface area contributed by atoms with Gasteiger partial charge in [0.25, 0.3) is 0 Å². The zero-order chi connectivity index (χ0) is 41.4. The summed E-state index contributed by atoms with van der Waals surface area (Å²) in [5.41, 5.74) is 12.2. The Labute approximate surface area is 357 Å². The molecule has 0 radical (unpaired) electrons. The van der Waals surface area contributed by atoms with E-state index in [1.54, 1.807) is 6.07 Å². The number of hydrogen-bond acceptors (Lipinski definition) is 12. The molecule has 13 nitrogen and oxygen atoms in total. The summed E-state index contributed by atoms with van der Waals surface area (Å²) in [5.74, 6) is 5.25. The third-order valence-electron chi connectivity index (χ3n) is 15.8. The Hall–Kier alpha value is -5.30. The number of ether oxygens (including phenoxy) is 1. The molecule has 0 spiro atoms. The maximum absolute atomic E-state index is 12.8. The normalized spacial score (nSPS) is 31.5. The first-order valence-corrected chi connectivity index (χ1v) is 22.8. The van der Waals surface area contributed by atoms with Crippen LogP contribution in [0, 0.1) is 23.7 Å². The lowest BCUT2D eigenvalue weighted by molar-refractivity contribution is -0.134. The molecule has 7 aliphatic rings. The highest BCUT2D eigenvalue weighted by Gasteiger charge is 2.70. The third-order valence-corrected chi connectivity index (χ3v) is 15.8. The number of para-hydroxylation sites is 2. The molecule has 6 fully saturated rings. The lowest BCUT2D eigenvalue weighted by atomic mass is 9.79.